The molecule has 3 rings (SSSR count). The van der Waals surface area contributed by atoms with Crippen LogP contribution in [-0.4, -0.2) is 49.8 Å². The summed E-state index contributed by atoms with van der Waals surface area (Å²) >= 11 is 0. The molecule has 1 aromatic carbocycles. The largest absolute Gasteiger partial charge is 0.417 e. The molecule has 2 aromatic rings. The summed E-state index contributed by atoms with van der Waals surface area (Å²) < 4.78 is 64.6. The Labute approximate surface area is 191 Å². The van der Waals surface area contributed by atoms with Gasteiger partial charge in [-0.15, -0.1) is 0 Å². The number of hydrogen-bond acceptors (Lipinski definition) is 5. The summed E-state index contributed by atoms with van der Waals surface area (Å²) in [5.74, 6) is 0.497. The van der Waals surface area contributed by atoms with Crippen molar-refractivity contribution in [2.75, 3.05) is 31.5 Å². The number of piperidine rings is 1. The molecule has 0 saturated carbocycles. The average Bonchev–Trinajstić information content (AvgIpc) is 2.79. The molecule has 1 aliphatic heterocycles. The van der Waals surface area contributed by atoms with E-state index in [1.54, 1.807) is 0 Å². The maximum atomic E-state index is 12.8. The highest BCUT2D eigenvalue weighted by molar-refractivity contribution is 7.89. The number of carbonyl (C=O) groups is 1. The summed E-state index contributed by atoms with van der Waals surface area (Å²) in [6.07, 6.45) is -1.47. The Balaban J connectivity index is 1.43. The van der Waals surface area contributed by atoms with Gasteiger partial charge >= 0.3 is 6.18 Å². The van der Waals surface area contributed by atoms with E-state index in [1.165, 1.54) is 34.6 Å². The number of anilines is 1. The number of carbonyl (C=O) groups excluding carboxylic acids is 1. The van der Waals surface area contributed by atoms with Crippen LogP contribution in [0.5, 0.6) is 0 Å². The molecule has 11 heteroatoms. The highest BCUT2D eigenvalue weighted by Crippen LogP contribution is 2.28. The number of rotatable bonds is 8. The maximum absolute atomic E-state index is 12.8. The third-order valence-electron chi connectivity index (χ3n) is 5.53. The molecule has 0 unspecified atom stereocenters. The van der Waals surface area contributed by atoms with Crippen molar-refractivity contribution in [2.24, 2.45) is 5.92 Å². The summed E-state index contributed by atoms with van der Waals surface area (Å²) in [7, 11) is -3.56. The van der Waals surface area contributed by atoms with Crippen LogP contribution in [0.1, 0.15) is 42.1 Å². The SMILES string of the molecule is CC1CCN(S(=O)(=O)c2ccc(C(=O)NCCCNc3ccc(C(F)(F)F)cn3)cc2)CC1. The van der Waals surface area contributed by atoms with Crippen molar-refractivity contribution in [2.45, 2.75) is 37.3 Å². The number of sulfonamides is 1. The van der Waals surface area contributed by atoms with Crippen molar-refractivity contribution in [1.29, 1.82) is 0 Å². The molecule has 0 spiro atoms. The lowest BCUT2D eigenvalue weighted by atomic mass is 10.0. The van der Waals surface area contributed by atoms with Crippen LogP contribution in [0.3, 0.4) is 0 Å². The van der Waals surface area contributed by atoms with E-state index in [2.05, 4.69) is 22.5 Å². The van der Waals surface area contributed by atoms with Gasteiger partial charge in [0, 0.05) is 37.9 Å². The van der Waals surface area contributed by atoms with Crippen molar-refractivity contribution in [3.8, 4) is 0 Å². The van der Waals surface area contributed by atoms with E-state index < -0.39 is 21.8 Å². The van der Waals surface area contributed by atoms with E-state index in [4.69, 9.17) is 0 Å². The lowest BCUT2D eigenvalue weighted by Gasteiger charge is -2.29. The van der Waals surface area contributed by atoms with Gasteiger partial charge in [-0.2, -0.15) is 17.5 Å². The number of aromatic nitrogens is 1. The summed E-state index contributed by atoms with van der Waals surface area (Å²) in [4.78, 5) is 16.2. The fourth-order valence-corrected chi connectivity index (χ4v) is 4.90. The Morgan fingerprint density at radius 1 is 1.09 bits per heavy atom. The minimum atomic E-state index is -4.43. The summed E-state index contributed by atoms with van der Waals surface area (Å²) in [6.45, 7) is 3.85. The van der Waals surface area contributed by atoms with Crippen molar-refractivity contribution in [1.82, 2.24) is 14.6 Å². The lowest BCUT2D eigenvalue weighted by molar-refractivity contribution is -0.137. The fraction of sp³-hybridized carbons (Fsp3) is 0.455. The van der Waals surface area contributed by atoms with Gasteiger partial charge < -0.3 is 10.6 Å². The first-order valence-corrected chi connectivity index (χ1v) is 12.2. The normalized spacial score (nSPS) is 15.9. The molecule has 7 nitrogen and oxygen atoms in total. The molecule has 0 atom stereocenters. The third kappa shape index (κ3) is 6.67. The number of pyridine rings is 1. The molecule has 0 aliphatic carbocycles. The van der Waals surface area contributed by atoms with Crippen molar-refractivity contribution in [3.63, 3.8) is 0 Å². The second kappa shape index (κ2) is 10.5. The zero-order valence-corrected chi connectivity index (χ0v) is 19.0. The van der Waals surface area contributed by atoms with Crippen LogP contribution in [0.4, 0.5) is 19.0 Å². The van der Waals surface area contributed by atoms with Gasteiger partial charge in [-0.05, 0) is 61.6 Å². The van der Waals surface area contributed by atoms with Crippen LogP contribution in [0, 0.1) is 5.92 Å². The second-order valence-corrected chi connectivity index (χ2v) is 10.0. The van der Waals surface area contributed by atoms with Crippen molar-refractivity contribution >= 4 is 21.7 Å². The molecular formula is C22H27F3N4O3S. The van der Waals surface area contributed by atoms with Gasteiger partial charge in [0.15, 0.2) is 0 Å². The van der Waals surface area contributed by atoms with E-state index in [0.29, 0.717) is 49.9 Å². The third-order valence-corrected chi connectivity index (χ3v) is 7.45. The van der Waals surface area contributed by atoms with Crippen LogP contribution in [-0.2, 0) is 16.2 Å². The molecule has 1 aromatic heterocycles. The Morgan fingerprint density at radius 3 is 2.33 bits per heavy atom. The Hall–Kier alpha value is -2.66. The molecule has 1 aliphatic rings. The minimum Gasteiger partial charge on any atom is -0.370 e. The number of nitrogens with one attached hydrogen (secondary N) is 2. The molecule has 0 radical (unpaired) electrons. The smallest absolute Gasteiger partial charge is 0.370 e. The molecule has 33 heavy (non-hydrogen) atoms. The van der Waals surface area contributed by atoms with E-state index in [9.17, 15) is 26.4 Å². The van der Waals surface area contributed by atoms with Crippen LogP contribution >= 0.6 is 0 Å². The van der Waals surface area contributed by atoms with Gasteiger partial charge in [-0.3, -0.25) is 4.79 Å². The van der Waals surface area contributed by atoms with E-state index in [-0.39, 0.29) is 10.8 Å². The standard InChI is InChI=1S/C22H27F3N4O3S/c1-16-9-13-29(14-10-16)33(31,32)19-6-3-17(4-7-19)21(30)27-12-2-11-26-20-8-5-18(15-28-20)22(23,24)25/h3-8,15-16H,2,9-14H2,1H3,(H,26,28)(H,27,30). The first-order chi connectivity index (χ1) is 15.6. The van der Waals surface area contributed by atoms with Gasteiger partial charge in [-0.1, -0.05) is 6.92 Å². The van der Waals surface area contributed by atoms with Gasteiger partial charge in [0.25, 0.3) is 5.91 Å². The second-order valence-electron chi connectivity index (χ2n) is 8.08. The average molecular weight is 485 g/mol. The zero-order chi connectivity index (χ0) is 24.1. The number of amides is 1. The van der Waals surface area contributed by atoms with Gasteiger partial charge in [0.05, 0.1) is 10.5 Å². The number of benzene rings is 1. The van der Waals surface area contributed by atoms with Gasteiger partial charge in [0.1, 0.15) is 5.82 Å². The molecule has 180 valence electrons. The molecule has 1 amide bonds. The predicted octanol–water partition coefficient (Wildman–Crippen LogP) is 3.75. The number of alkyl halides is 3. The van der Waals surface area contributed by atoms with Crippen LogP contribution in [0.15, 0.2) is 47.5 Å². The lowest BCUT2D eigenvalue weighted by Crippen LogP contribution is -2.37. The van der Waals surface area contributed by atoms with Crippen molar-refractivity contribution in [3.05, 3.63) is 53.7 Å². The molecule has 2 heterocycles. The van der Waals surface area contributed by atoms with Crippen LogP contribution in [0.2, 0.25) is 0 Å². The zero-order valence-electron chi connectivity index (χ0n) is 18.2. The Kier molecular flexibility index (Phi) is 7.96. The van der Waals surface area contributed by atoms with E-state index in [0.717, 1.165) is 25.1 Å². The first-order valence-electron chi connectivity index (χ1n) is 10.7. The topological polar surface area (TPSA) is 91.4 Å². The summed E-state index contributed by atoms with van der Waals surface area (Å²) in [5, 5.41) is 5.63. The van der Waals surface area contributed by atoms with E-state index >= 15 is 0 Å². The highest BCUT2D eigenvalue weighted by atomic mass is 32.2. The van der Waals surface area contributed by atoms with Gasteiger partial charge in [-0.25, -0.2) is 13.4 Å². The number of hydrogen-bond donors (Lipinski definition) is 2. The number of nitrogens with zero attached hydrogens (tertiary/aromatic N) is 2. The molecule has 1 fully saturated rings. The highest BCUT2D eigenvalue weighted by Gasteiger charge is 2.30. The molecule has 2 N–H and O–H groups in total. The van der Waals surface area contributed by atoms with Gasteiger partial charge in [0.2, 0.25) is 10.0 Å². The molecule has 0 bridgehead atoms. The van der Waals surface area contributed by atoms with Crippen LogP contribution in [0.25, 0.3) is 0 Å². The Bertz CT molecular complexity index is 1030. The predicted molar refractivity (Wildman–Crippen MR) is 118 cm³/mol. The quantitative estimate of drug-likeness (QED) is 0.557. The number of halogens is 3. The van der Waals surface area contributed by atoms with Crippen molar-refractivity contribution < 1.29 is 26.4 Å². The maximum Gasteiger partial charge on any atom is 0.417 e. The monoisotopic (exact) mass is 484 g/mol. The minimum absolute atomic E-state index is 0.168. The summed E-state index contributed by atoms with van der Waals surface area (Å²) in [5.41, 5.74) is -0.469. The molecule has 1 saturated heterocycles. The summed E-state index contributed by atoms with van der Waals surface area (Å²) in [6, 6.07) is 8.06. The molecular weight excluding hydrogens is 457 g/mol. The fourth-order valence-electron chi connectivity index (χ4n) is 3.43. The first kappa shape index (κ1) is 25.0. The van der Waals surface area contributed by atoms with E-state index in [1.807, 2.05) is 0 Å². The van der Waals surface area contributed by atoms with Crippen LogP contribution < -0.4 is 10.6 Å². The Morgan fingerprint density at radius 2 is 1.76 bits per heavy atom.